The minimum atomic E-state index is -0.253. The lowest BCUT2D eigenvalue weighted by Gasteiger charge is -2.08. The van der Waals surface area contributed by atoms with Gasteiger partial charge in [0.05, 0.1) is 16.7 Å². The highest BCUT2D eigenvalue weighted by Crippen LogP contribution is 2.23. The van der Waals surface area contributed by atoms with Crippen LogP contribution in [0.15, 0.2) is 42.5 Å². The van der Waals surface area contributed by atoms with Crippen molar-refractivity contribution >= 4 is 34.8 Å². The highest BCUT2D eigenvalue weighted by atomic mass is 35.5. The van der Waals surface area contributed by atoms with Crippen LogP contribution in [-0.2, 0) is 0 Å². The molecule has 0 radical (unpaired) electrons. The van der Waals surface area contributed by atoms with Gasteiger partial charge in [0.15, 0.2) is 0 Å². The molecule has 0 aliphatic rings. The monoisotopic (exact) mass is 309 g/mol. The van der Waals surface area contributed by atoms with Crippen molar-refractivity contribution in [3.05, 3.63) is 58.1 Å². The average Bonchev–Trinajstić information content (AvgIpc) is 2.42. The first-order valence-corrected chi connectivity index (χ1v) is 6.85. The van der Waals surface area contributed by atoms with E-state index in [2.05, 4.69) is 5.32 Å². The average molecular weight is 310 g/mol. The highest BCUT2D eigenvalue weighted by molar-refractivity contribution is 6.42. The molecule has 0 aliphatic heterocycles. The van der Waals surface area contributed by atoms with Gasteiger partial charge >= 0.3 is 0 Å². The van der Waals surface area contributed by atoms with E-state index in [1.54, 1.807) is 24.3 Å². The molecule has 1 amide bonds. The zero-order valence-electron chi connectivity index (χ0n) is 10.8. The number of hydrogen-bond acceptors (Lipinski definition) is 2. The summed E-state index contributed by atoms with van der Waals surface area (Å²) in [6.45, 7) is 2.48. The maximum Gasteiger partial charge on any atom is 0.255 e. The van der Waals surface area contributed by atoms with E-state index >= 15 is 0 Å². The number of hydrogen-bond donors (Lipinski definition) is 1. The predicted octanol–water partition coefficient (Wildman–Crippen LogP) is 4.64. The van der Waals surface area contributed by atoms with Crippen LogP contribution in [0.5, 0.6) is 5.75 Å². The summed E-state index contributed by atoms with van der Waals surface area (Å²) in [6, 6.07) is 11.9. The second-order valence-corrected chi connectivity index (χ2v) is 4.86. The summed E-state index contributed by atoms with van der Waals surface area (Å²) in [5, 5.41) is 3.55. The molecule has 3 nitrogen and oxygen atoms in total. The van der Waals surface area contributed by atoms with Gasteiger partial charge in [0.2, 0.25) is 0 Å². The maximum atomic E-state index is 12.1. The van der Waals surface area contributed by atoms with E-state index in [-0.39, 0.29) is 5.91 Å². The fraction of sp³-hybridized carbons (Fsp3) is 0.133. The smallest absolute Gasteiger partial charge is 0.255 e. The summed E-state index contributed by atoms with van der Waals surface area (Å²) >= 11 is 11.7. The Hall–Kier alpha value is -1.71. The van der Waals surface area contributed by atoms with Gasteiger partial charge in [0.25, 0.3) is 5.91 Å². The van der Waals surface area contributed by atoms with Crippen molar-refractivity contribution in [2.75, 3.05) is 11.9 Å². The van der Waals surface area contributed by atoms with Crippen molar-refractivity contribution in [3.63, 3.8) is 0 Å². The number of nitrogens with one attached hydrogen (secondary N) is 1. The first-order chi connectivity index (χ1) is 9.60. The van der Waals surface area contributed by atoms with Crippen molar-refractivity contribution in [2.45, 2.75) is 6.92 Å². The summed E-state index contributed by atoms with van der Waals surface area (Å²) in [7, 11) is 0. The third-order valence-electron chi connectivity index (χ3n) is 2.58. The van der Waals surface area contributed by atoms with Gasteiger partial charge in [0.1, 0.15) is 5.75 Å². The highest BCUT2D eigenvalue weighted by Gasteiger charge is 2.08. The van der Waals surface area contributed by atoms with Crippen LogP contribution in [0.4, 0.5) is 5.69 Å². The largest absolute Gasteiger partial charge is 0.494 e. The Morgan fingerprint density at radius 1 is 1.15 bits per heavy atom. The molecule has 0 aliphatic carbocycles. The molecule has 5 heteroatoms. The molecule has 0 aromatic heterocycles. The Labute approximate surface area is 127 Å². The van der Waals surface area contributed by atoms with Crippen LogP contribution in [0.3, 0.4) is 0 Å². The number of anilines is 1. The van der Waals surface area contributed by atoms with Crippen molar-refractivity contribution in [2.24, 2.45) is 0 Å². The van der Waals surface area contributed by atoms with Gasteiger partial charge in [-0.25, -0.2) is 0 Å². The number of carbonyl (C=O) groups excluding carboxylic acids is 1. The van der Waals surface area contributed by atoms with E-state index in [0.29, 0.717) is 33.7 Å². The Bertz CT molecular complexity index is 629. The molecule has 2 aromatic rings. The molecule has 0 bridgehead atoms. The van der Waals surface area contributed by atoms with Crippen LogP contribution in [0.2, 0.25) is 10.0 Å². The number of ether oxygens (including phenoxy) is 1. The predicted molar refractivity (Wildman–Crippen MR) is 82.0 cm³/mol. The van der Waals surface area contributed by atoms with E-state index in [1.807, 2.05) is 19.1 Å². The van der Waals surface area contributed by atoms with Gasteiger partial charge in [-0.15, -0.1) is 0 Å². The van der Waals surface area contributed by atoms with Crippen molar-refractivity contribution < 1.29 is 9.53 Å². The minimum Gasteiger partial charge on any atom is -0.494 e. The molecule has 0 spiro atoms. The van der Waals surface area contributed by atoms with Crippen LogP contribution >= 0.6 is 23.2 Å². The lowest BCUT2D eigenvalue weighted by Crippen LogP contribution is -2.11. The summed E-state index contributed by atoms with van der Waals surface area (Å²) in [6.07, 6.45) is 0. The molecular formula is C15H13Cl2NO2. The van der Waals surface area contributed by atoms with Crippen molar-refractivity contribution in [1.82, 2.24) is 0 Å². The Morgan fingerprint density at radius 3 is 2.65 bits per heavy atom. The molecule has 0 saturated heterocycles. The number of benzene rings is 2. The number of halogens is 2. The molecule has 0 heterocycles. The van der Waals surface area contributed by atoms with Gasteiger partial charge in [0, 0.05) is 17.3 Å². The normalized spacial score (nSPS) is 10.2. The minimum absolute atomic E-state index is 0.253. The van der Waals surface area contributed by atoms with E-state index in [1.165, 1.54) is 6.07 Å². The lowest BCUT2D eigenvalue weighted by atomic mass is 10.2. The summed E-state index contributed by atoms with van der Waals surface area (Å²) in [4.78, 5) is 12.1. The second kappa shape index (κ2) is 6.64. The third kappa shape index (κ3) is 3.65. The molecule has 0 fully saturated rings. The van der Waals surface area contributed by atoms with Gasteiger partial charge < -0.3 is 10.1 Å². The fourth-order valence-corrected chi connectivity index (χ4v) is 1.97. The van der Waals surface area contributed by atoms with Gasteiger partial charge in [-0.05, 0) is 37.3 Å². The van der Waals surface area contributed by atoms with Crippen LogP contribution in [0.1, 0.15) is 17.3 Å². The molecule has 20 heavy (non-hydrogen) atoms. The van der Waals surface area contributed by atoms with E-state index in [4.69, 9.17) is 27.9 Å². The zero-order chi connectivity index (χ0) is 14.5. The molecular weight excluding hydrogens is 297 g/mol. The first kappa shape index (κ1) is 14.7. The topological polar surface area (TPSA) is 38.3 Å². The summed E-state index contributed by atoms with van der Waals surface area (Å²) in [5.74, 6) is 0.455. The van der Waals surface area contributed by atoms with Gasteiger partial charge in [-0.3, -0.25) is 4.79 Å². The second-order valence-electron chi connectivity index (χ2n) is 4.04. The van der Waals surface area contributed by atoms with Crippen LogP contribution in [-0.4, -0.2) is 12.5 Å². The van der Waals surface area contributed by atoms with E-state index < -0.39 is 0 Å². The Morgan fingerprint density at radius 2 is 1.95 bits per heavy atom. The molecule has 0 unspecified atom stereocenters. The molecule has 0 atom stereocenters. The molecule has 2 rings (SSSR count). The number of rotatable bonds is 4. The fourth-order valence-electron chi connectivity index (χ4n) is 1.67. The zero-order valence-corrected chi connectivity index (χ0v) is 12.3. The summed E-state index contributed by atoms with van der Waals surface area (Å²) in [5.41, 5.74) is 1.10. The Balaban J connectivity index is 2.14. The molecule has 1 N–H and O–H groups in total. The van der Waals surface area contributed by atoms with Crippen LogP contribution in [0.25, 0.3) is 0 Å². The van der Waals surface area contributed by atoms with Crippen molar-refractivity contribution in [1.29, 1.82) is 0 Å². The molecule has 104 valence electrons. The third-order valence-corrected chi connectivity index (χ3v) is 3.32. The number of carbonyl (C=O) groups is 1. The van der Waals surface area contributed by atoms with Crippen molar-refractivity contribution in [3.8, 4) is 5.75 Å². The summed E-state index contributed by atoms with van der Waals surface area (Å²) < 4.78 is 5.38. The first-order valence-electron chi connectivity index (χ1n) is 6.09. The van der Waals surface area contributed by atoms with Gasteiger partial charge in [-0.2, -0.15) is 0 Å². The van der Waals surface area contributed by atoms with E-state index in [0.717, 1.165) is 0 Å². The number of amides is 1. The Kier molecular flexibility index (Phi) is 4.88. The van der Waals surface area contributed by atoms with Crippen LogP contribution < -0.4 is 10.1 Å². The quantitative estimate of drug-likeness (QED) is 0.893. The SMILES string of the molecule is CCOc1cccc(NC(=O)c2ccc(Cl)c(Cl)c2)c1. The van der Waals surface area contributed by atoms with Gasteiger partial charge in [-0.1, -0.05) is 29.3 Å². The molecule has 0 saturated carbocycles. The molecule has 2 aromatic carbocycles. The maximum absolute atomic E-state index is 12.1. The van der Waals surface area contributed by atoms with E-state index in [9.17, 15) is 4.79 Å². The standard InChI is InChI=1S/C15H13Cl2NO2/c1-2-20-12-5-3-4-11(9-12)18-15(19)10-6-7-13(16)14(17)8-10/h3-9H,2H2,1H3,(H,18,19). The lowest BCUT2D eigenvalue weighted by molar-refractivity contribution is 0.102. The van der Waals surface area contributed by atoms with Crippen LogP contribution in [0, 0.1) is 0 Å².